The second kappa shape index (κ2) is 8.23. The molecule has 1 aromatic rings. The number of carbonyl (C=O) groups is 1. The zero-order valence-corrected chi connectivity index (χ0v) is 13.1. The smallest absolute Gasteiger partial charge is 0.238 e. The molecular formula is C15H24N2OS. The fraction of sp³-hybridized carbons (Fsp3) is 0.533. The van der Waals surface area contributed by atoms with Crippen molar-refractivity contribution in [3.63, 3.8) is 0 Å². The Morgan fingerprint density at radius 1 is 1.37 bits per heavy atom. The molecule has 3 nitrogen and oxygen atoms in total. The van der Waals surface area contributed by atoms with Crippen LogP contribution in [0.5, 0.6) is 0 Å². The molecule has 1 aromatic carbocycles. The van der Waals surface area contributed by atoms with Crippen molar-refractivity contribution in [3.8, 4) is 0 Å². The number of hydrogen-bond acceptors (Lipinski definition) is 3. The number of likely N-dealkylation sites (N-methyl/N-ethyl adjacent to an activating group) is 1. The van der Waals surface area contributed by atoms with E-state index in [2.05, 4.69) is 24.1 Å². The summed E-state index contributed by atoms with van der Waals surface area (Å²) in [6.07, 6.45) is 3.13. The maximum absolute atomic E-state index is 12.0. The molecule has 1 rings (SSSR count). The van der Waals surface area contributed by atoms with Crippen molar-refractivity contribution in [2.45, 2.75) is 25.2 Å². The Kier molecular flexibility index (Phi) is 6.95. The van der Waals surface area contributed by atoms with Crippen molar-refractivity contribution in [1.82, 2.24) is 4.90 Å². The van der Waals surface area contributed by atoms with E-state index in [1.807, 2.05) is 37.6 Å². The first-order valence-electron chi connectivity index (χ1n) is 6.64. The lowest BCUT2D eigenvalue weighted by molar-refractivity contribution is -0.117. The summed E-state index contributed by atoms with van der Waals surface area (Å²) in [4.78, 5) is 15.1. The van der Waals surface area contributed by atoms with Gasteiger partial charge in [0.05, 0.1) is 12.2 Å². The van der Waals surface area contributed by atoms with Crippen LogP contribution in [0.25, 0.3) is 0 Å². The number of nitrogens with one attached hydrogen (secondary N) is 1. The summed E-state index contributed by atoms with van der Waals surface area (Å²) in [5, 5.41) is 2.98. The maximum atomic E-state index is 12.0. The molecule has 4 heteroatoms. The third-order valence-corrected chi connectivity index (χ3v) is 3.68. The third kappa shape index (κ3) is 6.12. The van der Waals surface area contributed by atoms with Crippen molar-refractivity contribution < 1.29 is 4.79 Å². The van der Waals surface area contributed by atoms with Crippen LogP contribution in [0.4, 0.5) is 5.69 Å². The van der Waals surface area contributed by atoms with Gasteiger partial charge in [0.25, 0.3) is 0 Å². The molecule has 0 heterocycles. The van der Waals surface area contributed by atoms with Gasteiger partial charge in [-0.25, -0.2) is 0 Å². The summed E-state index contributed by atoms with van der Waals surface area (Å²) < 4.78 is 0. The molecule has 0 radical (unpaired) electrons. The van der Waals surface area contributed by atoms with Gasteiger partial charge in [-0.3, -0.25) is 9.69 Å². The van der Waals surface area contributed by atoms with E-state index in [0.717, 1.165) is 23.5 Å². The van der Waals surface area contributed by atoms with Crippen LogP contribution in [0.3, 0.4) is 0 Å². The predicted molar refractivity (Wildman–Crippen MR) is 83.8 cm³/mol. The van der Waals surface area contributed by atoms with E-state index in [1.54, 1.807) is 11.8 Å². The van der Waals surface area contributed by atoms with Crippen LogP contribution in [0, 0.1) is 5.92 Å². The van der Waals surface area contributed by atoms with E-state index in [9.17, 15) is 4.79 Å². The van der Waals surface area contributed by atoms with Gasteiger partial charge in [-0.2, -0.15) is 0 Å². The molecule has 0 aliphatic rings. The molecule has 0 saturated heterocycles. The zero-order chi connectivity index (χ0) is 14.3. The zero-order valence-electron chi connectivity index (χ0n) is 12.3. The predicted octanol–water partition coefficient (Wildman–Crippen LogP) is 3.32. The number of anilines is 1. The standard InChI is InChI=1S/C15H24N2OS/c1-12(2)9-10-17(3)11-15(18)16-13-7-5-6-8-14(13)19-4/h5-8,12H,9-11H2,1-4H3,(H,16,18). The molecule has 0 unspecified atom stereocenters. The molecule has 0 aliphatic heterocycles. The van der Waals surface area contributed by atoms with E-state index in [1.165, 1.54) is 0 Å². The van der Waals surface area contributed by atoms with E-state index in [0.29, 0.717) is 12.5 Å². The number of rotatable bonds is 7. The highest BCUT2D eigenvalue weighted by Gasteiger charge is 2.09. The molecule has 0 aliphatic carbocycles. The van der Waals surface area contributed by atoms with Crippen LogP contribution in [-0.2, 0) is 4.79 Å². The third-order valence-electron chi connectivity index (χ3n) is 2.88. The lowest BCUT2D eigenvalue weighted by Crippen LogP contribution is -2.31. The molecule has 0 aromatic heterocycles. The van der Waals surface area contributed by atoms with Gasteiger partial charge in [-0.05, 0) is 44.3 Å². The Hall–Kier alpha value is -1.00. The van der Waals surface area contributed by atoms with Gasteiger partial charge >= 0.3 is 0 Å². The van der Waals surface area contributed by atoms with Crippen molar-refractivity contribution in [3.05, 3.63) is 24.3 Å². The van der Waals surface area contributed by atoms with Gasteiger partial charge in [-0.15, -0.1) is 11.8 Å². The minimum absolute atomic E-state index is 0.0488. The van der Waals surface area contributed by atoms with Crippen LogP contribution in [0.2, 0.25) is 0 Å². The highest BCUT2D eigenvalue weighted by atomic mass is 32.2. The molecule has 106 valence electrons. The van der Waals surface area contributed by atoms with E-state index < -0.39 is 0 Å². The Bertz CT molecular complexity index is 407. The quantitative estimate of drug-likeness (QED) is 0.778. The van der Waals surface area contributed by atoms with E-state index >= 15 is 0 Å². The fourth-order valence-electron chi connectivity index (χ4n) is 1.74. The SMILES string of the molecule is CSc1ccccc1NC(=O)CN(C)CCC(C)C. The molecule has 0 fully saturated rings. The average molecular weight is 280 g/mol. The van der Waals surface area contributed by atoms with Crippen LogP contribution >= 0.6 is 11.8 Å². The molecule has 0 atom stereocenters. The van der Waals surface area contributed by atoms with Crippen LogP contribution < -0.4 is 5.32 Å². The Balaban J connectivity index is 2.46. The fourth-order valence-corrected chi connectivity index (χ4v) is 2.29. The molecule has 0 saturated carbocycles. The molecule has 0 spiro atoms. The summed E-state index contributed by atoms with van der Waals surface area (Å²) >= 11 is 1.64. The summed E-state index contributed by atoms with van der Waals surface area (Å²) in [5.41, 5.74) is 0.900. The first-order valence-corrected chi connectivity index (χ1v) is 7.86. The molecule has 1 N–H and O–H groups in total. The first kappa shape index (κ1) is 16.1. The topological polar surface area (TPSA) is 32.3 Å². The minimum Gasteiger partial charge on any atom is -0.324 e. The summed E-state index contributed by atoms with van der Waals surface area (Å²) in [6.45, 7) is 5.79. The van der Waals surface area contributed by atoms with E-state index in [4.69, 9.17) is 0 Å². The minimum atomic E-state index is 0.0488. The van der Waals surface area contributed by atoms with Crippen molar-refractivity contribution in [1.29, 1.82) is 0 Å². The highest BCUT2D eigenvalue weighted by molar-refractivity contribution is 7.98. The van der Waals surface area contributed by atoms with Gasteiger partial charge in [-0.1, -0.05) is 26.0 Å². The van der Waals surface area contributed by atoms with Crippen molar-refractivity contribution in [2.75, 3.05) is 31.7 Å². The second-order valence-corrected chi connectivity index (χ2v) is 6.02. The van der Waals surface area contributed by atoms with Crippen LogP contribution in [0.15, 0.2) is 29.2 Å². The average Bonchev–Trinajstić information content (AvgIpc) is 2.37. The van der Waals surface area contributed by atoms with Gasteiger partial charge in [0.1, 0.15) is 0 Å². The van der Waals surface area contributed by atoms with E-state index in [-0.39, 0.29) is 5.91 Å². The first-order chi connectivity index (χ1) is 9.02. The number of hydrogen-bond donors (Lipinski definition) is 1. The van der Waals surface area contributed by atoms with Gasteiger partial charge < -0.3 is 5.32 Å². The Labute approximate surface area is 120 Å². The maximum Gasteiger partial charge on any atom is 0.238 e. The lowest BCUT2D eigenvalue weighted by atomic mass is 10.1. The number of amides is 1. The monoisotopic (exact) mass is 280 g/mol. The lowest BCUT2D eigenvalue weighted by Gasteiger charge is -2.18. The summed E-state index contributed by atoms with van der Waals surface area (Å²) in [6, 6.07) is 7.88. The number of thioether (sulfide) groups is 1. The molecule has 1 amide bonds. The van der Waals surface area contributed by atoms with Crippen LogP contribution in [0.1, 0.15) is 20.3 Å². The number of benzene rings is 1. The highest BCUT2D eigenvalue weighted by Crippen LogP contribution is 2.24. The summed E-state index contributed by atoms with van der Waals surface area (Å²) in [5.74, 6) is 0.718. The van der Waals surface area contributed by atoms with Crippen molar-refractivity contribution >= 4 is 23.4 Å². The summed E-state index contributed by atoms with van der Waals surface area (Å²) in [7, 11) is 1.99. The molecule has 19 heavy (non-hydrogen) atoms. The van der Waals surface area contributed by atoms with Crippen LogP contribution in [-0.4, -0.2) is 37.2 Å². The van der Waals surface area contributed by atoms with Crippen molar-refractivity contribution in [2.24, 2.45) is 5.92 Å². The van der Waals surface area contributed by atoms with Gasteiger partial charge in [0, 0.05) is 4.90 Å². The Morgan fingerprint density at radius 3 is 2.68 bits per heavy atom. The largest absolute Gasteiger partial charge is 0.324 e. The number of carbonyl (C=O) groups excluding carboxylic acids is 1. The molecule has 0 bridgehead atoms. The van der Waals surface area contributed by atoms with Gasteiger partial charge in [0.15, 0.2) is 0 Å². The number of nitrogens with zero attached hydrogens (tertiary/aromatic N) is 1. The normalized spacial score (nSPS) is 11.1. The number of para-hydroxylation sites is 1. The molecular weight excluding hydrogens is 256 g/mol. The Morgan fingerprint density at radius 2 is 2.05 bits per heavy atom. The van der Waals surface area contributed by atoms with Gasteiger partial charge in [0.2, 0.25) is 5.91 Å². The second-order valence-electron chi connectivity index (χ2n) is 5.17.